The Bertz CT molecular complexity index is 881. The summed E-state index contributed by atoms with van der Waals surface area (Å²) in [5, 5.41) is 2.74. The van der Waals surface area contributed by atoms with Crippen LogP contribution in [0.3, 0.4) is 0 Å². The van der Waals surface area contributed by atoms with Gasteiger partial charge in [-0.05, 0) is 50.2 Å². The molecule has 2 aromatic carbocycles. The van der Waals surface area contributed by atoms with Crippen molar-refractivity contribution in [1.29, 1.82) is 0 Å². The molecule has 8 heteroatoms. The van der Waals surface area contributed by atoms with E-state index >= 15 is 0 Å². The van der Waals surface area contributed by atoms with Crippen LogP contribution >= 0.6 is 0 Å². The lowest BCUT2D eigenvalue weighted by Crippen LogP contribution is -2.45. The summed E-state index contributed by atoms with van der Waals surface area (Å²) in [5.41, 5.74) is 0.907. The molecule has 0 saturated carbocycles. The van der Waals surface area contributed by atoms with Crippen LogP contribution < -0.4 is 19.1 Å². The average molecular weight is 392 g/mol. The molecule has 7 nitrogen and oxygen atoms in total. The van der Waals surface area contributed by atoms with E-state index in [1.165, 1.54) is 14.0 Å². The minimum atomic E-state index is -3.68. The highest BCUT2D eigenvalue weighted by Gasteiger charge is 2.29. The lowest BCUT2D eigenvalue weighted by atomic mass is 10.2. The number of rotatable bonds is 8. The number of ether oxygens (including phenoxy) is 2. The van der Waals surface area contributed by atoms with Gasteiger partial charge in [-0.25, -0.2) is 8.42 Å². The minimum Gasteiger partial charge on any atom is -0.497 e. The molecule has 0 spiro atoms. The standard InChI is InChI=1S/C19H24N2O5S/c1-5-26-18-8-6-7-15(13-18)20-19(22)14(2)21(27(4,23)24)16-9-11-17(25-3)12-10-16/h6-14H,5H2,1-4H3,(H,20,22)/t14-/m1/s1. The Morgan fingerprint density at radius 3 is 2.37 bits per heavy atom. The maximum atomic E-state index is 12.7. The van der Waals surface area contributed by atoms with E-state index in [0.29, 0.717) is 29.5 Å². The molecule has 0 aliphatic rings. The summed E-state index contributed by atoms with van der Waals surface area (Å²) >= 11 is 0. The summed E-state index contributed by atoms with van der Waals surface area (Å²) < 4.78 is 36.2. The van der Waals surface area contributed by atoms with Crippen LogP contribution in [0.25, 0.3) is 0 Å². The third-order valence-electron chi connectivity index (χ3n) is 3.83. The van der Waals surface area contributed by atoms with Crippen molar-refractivity contribution in [1.82, 2.24) is 0 Å². The number of benzene rings is 2. The summed E-state index contributed by atoms with van der Waals surface area (Å²) in [4.78, 5) is 12.7. The van der Waals surface area contributed by atoms with Gasteiger partial charge >= 0.3 is 0 Å². The monoisotopic (exact) mass is 392 g/mol. The van der Waals surface area contributed by atoms with Crippen molar-refractivity contribution >= 4 is 27.3 Å². The van der Waals surface area contributed by atoms with E-state index in [1.54, 1.807) is 48.5 Å². The van der Waals surface area contributed by atoms with Gasteiger partial charge < -0.3 is 14.8 Å². The predicted molar refractivity (Wildman–Crippen MR) is 106 cm³/mol. The highest BCUT2D eigenvalue weighted by molar-refractivity contribution is 7.92. The first-order valence-corrected chi connectivity index (χ1v) is 10.3. The summed E-state index contributed by atoms with van der Waals surface area (Å²) in [6.45, 7) is 3.91. The quantitative estimate of drug-likeness (QED) is 0.747. The number of nitrogens with zero attached hydrogens (tertiary/aromatic N) is 1. The van der Waals surface area contributed by atoms with E-state index in [2.05, 4.69) is 5.32 Å². The fraction of sp³-hybridized carbons (Fsp3) is 0.316. The van der Waals surface area contributed by atoms with Crippen LogP contribution in [0.4, 0.5) is 11.4 Å². The van der Waals surface area contributed by atoms with E-state index in [1.807, 2.05) is 6.92 Å². The summed E-state index contributed by atoms with van der Waals surface area (Å²) in [6, 6.07) is 12.5. The number of methoxy groups -OCH3 is 1. The predicted octanol–water partition coefficient (Wildman–Crippen LogP) is 2.89. The number of sulfonamides is 1. The number of hydrogen-bond donors (Lipinski definition) is 1. The second kappa shape index (κ2) is 8.77. The molecular formula is C19H24N2O5S. The van der Waals surface area contributed by atoms with Crippen LogP contribution in [0.5, 0.6) is 11.5 Å². The molecule has 2 aromatic rings. The smallest absolute Gasteiger partial charge is 0.247 e. The van der Waals surface area contributed by atoms with Gasteiger partial charge in [0.2, 0.25) is 15.9 Å². The zero-order chi connectivity index (χ0) is 20.0. The van der Waals surface area contributed by atoms with Crippen LogP contribution in [0, 0.1) is 0 Å². The van der Waals surface area contributed by atoms with Crippen LogP contribution in [0.2, 0.25) is 0 Å². The van der Waals surface area contributed by atoms with E-state index in [0.717, 1.165) is 10.6 Å². The SMILES string of the molecule is CCOc1cccc(NC(=O)[C@@H](C)N(c2ccc(OC)cc2)S(C)(=O)=O)c1. The summed E-state index contributed by atoms with van der Waals surface area (Å²) in [6.07, 6.45) is 1.07. The molecule has 0 saturated heterocycles. The molecule has 1 N–H and O–H groups in total. The van der Waals surface area contributed by atoms with Crippen molar-refractivity contribution in [3.05, 3.63) is 48.5 Å². The Morgan fingerprint density at radius 2 is 1.81 bits per heavy atom. The maximum absolute atomic E-state index is 12.7. The van der Waals surface area contributed by atoms with Crippen molar-refractivity contribution in [2.75, 3.05) is 29.6 Å². The van der Waals surface area contributed by atoms with E-state index in [-0.39, 0.29) is 0 Å². The van der Waals surface area contributed by atoms with Crippen molar-refractivity contribution in [3.63, 3.8) is 0 Å². The lowest BCUT2D eigenvalue weighted by molar-refractivity contribution is -0.116. The molecular weight excluding hydrogens is 368 g/mol. The number of carbonyl (C=O) groups excluding carboxylic acids is 1. The van der Waals surface area contributed by atoms with Crippen molar-refractivity contribution in [2.24, 2.45) is 0 Å². The van der Waals surface area contributed by atoms with E-state index in [9.17, 15) is 13.2 Å². The number of anilines is 2. The molecule has 146 valence electrons. The Kier molecular flexibility index (Phi) is 6.68. The van der Waals surface area contributed by atoms with Gasteiger partial charge in [-0.15, -0.1) is 0 Å². The van der Waals surface area contributed by atoms with Crippen molar-refractivity contribution in [2.45, 2.75) is 19.9 Å². The van der Waals surface area contributed by atoms with Crippen molar-refractivity contribution in [3.8, 4) is 11.5 Å². The third-order valence-corrected chi connectivity index (χ3v) is 5.07. The van der Waals surface area contributed by atoms with Crippen LogP contribution in [-0.2, 0) is 14.8 Å². The molecule has 1 amide bonds. The highest BCUT2D eigenvalue weighted by Crippen LogP contribution is 2.25. The number of amides is 1. The molecule has 0 aliphatic carbocycles. The zero-order valence-corrected chi connectivity index (χ0v) is 16.6. The van der Waals surface area contributed by atoms with Gasteiger partial charge in [0.05, 0.1) is 25.7 Å². The molecule has 0 fully saturated rings. The van der Waals surface area contributed by atoms with E-state index < -0.39 is 22.0 Å². The number of nitrogens with one attached hydrogen (secondary N) is 1. The topological polar surface area (TPSA) is 84.9 Å². The first-order valence-electron chi connectivity index (χ1n) is 8.43. The molecule has 0 bridgehead atoms. The van der Waals surface area contributed by atoms with Crippen LogP contribution in [0.1, 0.15) is 13.8 Å². The van der Waals surface area contributed by atoms with Gasteiger partial charge in [-0.2, -0.15) is 0 Å². The summed E-state index contributed by atoms with van der Waals surface area (Å²) in [7, 11) is -2.16. The molecule has 0 aliphatic heterocycles. The van der Waals surface area contributed by atoms with Crippen LogP contribution in [-0.4, -0.2) is 40.3 Å². The Hall–Kier alpha value is -2.74. The molecule has 27 heavy (non-hydrogen) atoms. The summed E-state index contributed by atoms with van der Waals surface area (Å²) in [5.74, 6) is 0.764. The molecule has 0 radical (unpaired) electrons. The Balaban J connectivity index is 2.25. The Morgan fingerprint density at radius 1 is 1.15 bits per heavy atom. The van der Waals surface area contributed by atoms with E-state index in [4.69, 9.17) is 9.47 Å². The zero-order valence-electron chi connectivity index (χ0n) is 15.8. The fourth-order valence-corrected chi connectivity index (χ4v) is 3.79. The lowest BCUT2D eigenvalue weighted by Gasteiger charge is -2.28. The second-order valence-corrected chi connectivity index (χ2v) is 7.74. The van der Waals surface area contributed by atoms with Gasteiger partial charge in [0, 0.05) is 11.8 Å². The molecule has 2 rings (SSSR count). The molecule has 0 heterocycles. The van der Waals surface area contributed by atoms with Gasteiger partial charge in [-0.1, -0.05) is 6.07 Å². The normalized spacial score (nSPS) is 12.1. The molecule has 0 unspecified atom stereocenters. The van der Waals surface area contributed by atoms with Gasteiger partial charge in [0.1, 0.15) is 17.5 Å². The van der Waals surface area contributed by atoms with Gasteiger partial charge in [0.15, 0.2) is 0 Å². The first-order chi connectivity index (χ1) is 12.8. The highest BCUT2D eigenvalue weighted by atomic mass is 32.2. The number of carbonyl (C=O) groups is 1. The minimum absolute atomic E-state index is 0.379. The second-order valence-electron chi connectivity index (χ2n) is 5.88. The van der Waals surface area contributed by atoms with Crippen molar-refractivity contribution < 1.29 is 22.7 Å². The fourth-order valence-electron chi connectivity index (χ4n) is 2.61. The Labute approximate surface area is 160 Å². The average Bonchev–Trinajstić information content (AvgIpc) is 2.62. The third kappa shape index (κ3) is 5.37. The largest absolute Gasteiger partial charge is 0.497 e. The number of hydrogen-bond acceptors (Lipinski definition) is 5. The molecule has 0 aromatic heterocycles. The van der Waals surface area contributed by atoms with Crippen LogP contribution in [0.15, 0.2) is 48.5 Å². The molecule has 1 atom stereocenters. The first kappa shape index (κ1) is 20.6. The maximum Gasteiger partial charge on any atom is 0.247 e. The van der Waals surface area contributed by atoms with Gasteiger partial charge in [-0.3, -0.25) is 9.10 Å². The van der Waals surface area contributed by atoms with Gasteiger partial charge in [0.25, 0.3) is 0 Å².